The number of hydrogen-bond acceptors (Lipinski definition) is 3. The maximum absolute atomic E-state index is 9.14. The Bertz CT molecular complexity index is 570. The SMILES string of the molecule is CC(C)CSc1nc2ccccc2cc1C#N. The third-order valence-electron chi connectivity index (χ3n) is 2.36. The van der Waals surface area contributed by atoms with Crippen molar-refractivity contribution in [2.45, 2.75) is 18.9 Å². The van der Waals surface area contributed by atoms with Crippen molar-refractivity contribution in [3.63, 3.8) is 0 Å². The average molecular weight is 242 g/mol. The zero-order chi connectivity index (χ0) is 12.3. The van der Waals surface area contributed by atoms with E-state index in [0.29, 0.717) is 11.5 Å². The van der Waals surface area contributed by atoms with E-state index in [0.717, 1.165) is 21.7 Å². The summed E-state index contributed by atoms with van der Waals surface area (Å²) in [6.45, 7) is 4.33. The molecular weight excluding hydrogens is 228 g/mol. The molecule has 1 aromatic carbocycles. The molecule has 2 nitrogen and oxygen atoms in total. The first-order valence-corrected chi connectivity index (χ1v) is 6.62. The Morgan fingerprint density at radius 3 is 2.82 bits per heavy atom. The quantitative estimate of drug-likeness (QED) is 0.767. The van der Waals surface area contributed by atoms with Gasteiger partial charge in [-0.25, -0.2) is 4.98 Å². The van der Waals surface area contributed by atoms with Crippen LogP contribution < -0.4 is 0 Å². The molecule has 2 aromatic rings. The number of nitrogens with zero attached hydrogens (tertiary/aromatic N) is 2. The second-order valence-electron chi connectivity index (χ2n) is 4.35. The van der Waals surface area contributed by atoms with Crippen LogP contribution in [0.5, 0.6) is 0 Å². The molecule has 0 saturated heterocycles. The number of para-hydroxylation sites is 1. The highest BCUT2D eigenvalue weighted by Gasteiger charge is 2.07. The summed E-state index contributed by atoms with van der Waals surface area (Å²) in [5.74, 6) is 1.58. The van der Waals surface area contributed by atoms with Gasteiger partial charge in [-0.3, -0.25) is 0 Å². The number of benzene rings is 1. The lowest BCUT2D eigenvalue weighted by Gasteiger charge is -2.07. The van der Waals surface area contributed by atoms with Gasteiger partial charge in [-0.2, -0.15) is 5.26 Å². The van der Waals surface area contributed by atoms with Crippen molar-refractivity contribution in [3.8, 4) is 6.07 Å². The molecule has 0 aliphatic carbocycles. The Balaban J connectivity index is 2.43. The van der Waals surface area contributed by atoms with Crippen LogP contribution in [0.15, 0.2) is 35.4 Å². The van der Waals surface area contributed by atoms with Crippen molar-refractivity contribution >= 4 is 22.7 Å². The molecule has 0 unspecified atom stereocenters. The minimum Gasteiger partial charge on any atom is -0.240 e. The van der Waals surface area contributed by atoms with E-state index < -0.39 is 0 Å². The maximum Gasteiger partial charge on any atom is 0.115 e. The van der Waals surface area contributed by atoms with Crippen molar-refractivity contribution in [1.82, 2.24) is 4.98 Å². The molecule has 0 fully saturated rings. The van der Waals surface area contributed by atoms with E-state index in [-0.39, 0.29) is 0 Å². The summed E-state index contributed by atoms with van der Waals surface area (Å²) in [5, 5.41) is 11.0. The van der Waals surface area contributed by atoms with Crippen molar-refractivity contribution in [2.24, 2.45) is 5.92 Å². The van der Waals surface area contributed by atoms with Gasteiger partial charge in [0.25, 0.3) is 0 Å². The Kier molecular flexibility index (Phi) is 3.65. The largest absolute Gasteiger partial charge is 0.240 e. The number of fused-ring (bicyclic) bond motifs is 1. The van der Waals surface area contributed by atoms with Gasteiger partial charge in [0.2, 0.25) is 0 Å². The third kappa shape index (κ3) is 2.78. The van der Waals surface area contributed by atoms with Gasteiger partial charge in [-0.15, -0.1) is 11.8 Å². The van der Waals surface area contributed by atoms with Gasteiger partial charge in [-0.1, -0.05) is 32.0 Å². The zero-order valence-electron chi connectivity index (χ0n) is 9.97. The molecule has 0 aliphatic rings. The number of hydrogen-bond donors (Lipinski definition) is 0. The Labute approximate surface area is 106 Å². The number of rotatable bonds is 3. The molecular formula is C14H14N2S. The molecule has 0 amide bonds. The minimum atomic E-state index is 0.597. The molecule has 0 N–H and O–H groups in total. The van der Waals surface area contributed by atoms with Crippen LogP contribution in [0.25, 0.3) is 10.9 Å². The monoisotopic (exact) mass is 242 g/mol. The standard InChI is InChI=1S/C14H14N2S/c1-10(2)9-17-14-12(8-15)7-11-5-3-4-6-13(11)16-14/h3-7,10H,9H2,1-2H3. The van der Waals surface area contributed by atoms with Crippen LogP contribution >= 0.6 is 11.8 Å². The van der Waals surface area contributed by atoms with E-state index in [1.165, 1.54) is 0 Å². The van der Waals surface area contributed by atoms with Gasteiger partial charge in [0.1, 0.15) is 11.1 Å². The van der Waals surface area contributed by atoms with Crippen LogP contribution in [-0.4, -0.2) is 10.7 Å². The third-order valence-corrected chi connectivity index (χ3v) is 3.78. The van der Waals surface area contributed by atoms with E-state index in [2.05, 4.69) is 24.9 Å². The van der Waals surface area contributed by atoms with Crippen LogP contribution in [-0.2, 0) is 0 Å². The van der Waals surface area contributed by atoms with Crippen molar-refractivity contribution in [1.29, 1.82) is 5.26 Å². The average Bonchev–Trinajstić information content (AvgIpc) is 2.35. The lowest BCUT2D eigenvalue weighted by atomic mass is 10.2. The van der Waals surface area contributed by atoms with Crippen LogP contribution in [0.3, 0.4) is 0 Å². The van der Waals surface area contributed by atoms with Crippen molar-refractivity contribution in [3.05, 3.63) is 35.9 Å². The summed E-state index contributed by atoms with van der Waals surface area (Å²) in [6.07, 6.45) is 0. The molecule has 0 bridgehead atoms. The second kappa shape index (κ2) is 5.20. The Morgan fingerprint density at radius 1 is 1.35 bits per heavy atom. The number of thioether (sulfide) groups is 1. The van der Waals surface area contributed by atoms with E-state index in [1.807, 2.05) is 30.3 Å². The molecule has 1 aromatic heterocycles. The highest BCUT2D eigenvalue weighted by Crippen LogP contribution is 2.25. The van der Waals surface area contributed by atoms with E-state index in [1.54, 1.807) is 11.8 Å². The predicted octanol–water partition coefficient (Wildman–Crippen LogP) is 3.85. The summed E-state index contributed by atoms with van der Waals surface area (Å²) in [4.78, 5) is 4.56. The lowest BCUT2D eigenvalue weighted by molar-refractivity contribution is 0.749. The smallest absolute Gasteiger partial charge is 0.115 e. The van der Waals surface area contributed by atoms with Crippen molar-refractivity contribution in [2.75, 3.05) is 5.75 Å². The molecule has 0 spiro atoms. The van der Waals surface area contributed by atoms with Crippen LogP contribution in [0.4, 0.5) is 0 Å². The van der Waals surface area contributed by atoms with Gasteiger partial charge in [-0.05, 0) is 18.1 Å². The number of pyridine rings is 1. The van der Waals surface area contributed by atoms with Gasteiger partial charge in [0.15, 0.2) is 0 Å². The van der Waals surface area contributed by atoms with Crippen LogP contribution in [0.2, 0.25) is 0 Å². The summed E-state index contributed by atoms with van der Waals surface area (Å²) >= 11 is 1.66. The molecule has 17 heavy (non-hydrogen) atoms. The van der Waals surface area contributed by atoms with Crippen LogP contribution in [0.1, 0.15) is 19.4 Å². The van der Waals surface area contributed by atoms with Gasteiger partial charge in [0, 0.05) is 11.1 Å². The first-order chi connectivity index (χ1) is 8.20. The Morgan fingerprint density at radius 2 is 2.12 bits per heavy atom. The highest BCUT2D eigenvalue weighted by atomic mass is 32.2. The lowest BCUT2D eigenvalue weighted by Crippen LogP contribution is -1.94. The molecule has 0 radical (unpaired) electrons. The summed E-state index contributed by atoms with van der Waals surface area (Å²) in [5.41, 5.74) is 1.63. The fraction of sp³-hybridized carbons (Fsp3) is 0.286. The van der Waals surface area contributed by atoms with Gasteiger partial charge >= 0.3 is 0 Å². The summed E-state index contributed by atoms with van der Waals surface area (Å²) in [6, 6.07) is 12.1. The minimum absolute atomic E-state index is 0.597. The normalized spacial score (nSPS) is 10.7. The summed E-state index contributed by atoms with van der Waals surface area (Å²) < 4.78 is 0. The summed E-state index contributed by atoms with van der Waals surface area (Å²) in [7, 11) is 0. The number of aromatic nitrogens is 1. The van der Waals surface area contributed by atoms with Crippen molar-refractivity contribution < 1.29 is 0 Å². The molecule has 1 heterocycles. The maximum atomic E-state index is 9.14. The van der Waals surface area contributed by atoms with E-state index in [9.17, 15) is 0 Å². The topological polar surface area (TPSA) is 36.7 Å². The highest BCUT2D eigenvalue weighted by molar-refractivity contribution is 7.99. The second-order valence-corrected chi connectivity index (χ2v) is 5.36. The fourth-order valence-electron chi connectivity index (χ4n) is 1.53. The zero-order valence-corrected chi connectivity index (χ0v) is 10.8. The molecule has 2 rings (SSSR count). The predicted molar refractivity (Wildman–Crippen MR) is 72.0 cm³/mol. The first-order valence-electron chi connectivity index (χ1n) is 5.63. The molecule has 0 saturated carbocycles. The molecule has 86 valence electrons. The van der Waals surface area contributed by atoms with Gasteiger partial charge < -0.3 is 0 Å². The first kappa shape index (κ1) is 11.9. The van der Waals surface area contributed by atoms with E-state index >= 15 is 0 Å². The van der Waals surface area contributed by atoms with Crippen LogP contribution in [0, 0.1) is 17.2 Å². The number of nitriles is 1. The van der Waals surface area contributed by atoms with E-state index in [4.69, 9.17) is 5.26 Å². The molecule has 0 aliphatic heterocycles. The fourth-order valence-corrected chi connectivity index (χ4v) is 2.45. The van der Waals surface area contributed by atoms with Gasteiger partial charge in [0.05, 0.1) is 11.1 Å². The molecule has 3 heteroatoms. The Hall–Kier alpha value is -1.53. The molecule has 0 atom stereocenters.